The van der Waals surface area contributed by atoms with E-state index in [4.69, 9.17) is 0 Å². The Morgan fingerprint density at radius 3 is 2.45 bits per heavy atom. The zero-order chi connectivity index (χ0) is 21.1. The van der Waals surface area contributed by atoms with Gasteiger partial charge in [-0.3, -0.25) is 0 Å². The average Bonchev–Trinajstić information content (AvgIpc) is 2.68. The molecule has 3 rings (SSSR count). The van der Waals surface area contributed by atoms with E-state index in [1.165, 1.54) is 11.6 Å². The van der Waals surface area contributed by atoms with Gasteiger partial charge >= 0.3 is 6.18 Å². The Kier molecular flexibility index (Phi) is 6.69. The molecule has 1 aliphatic rings. The molecule has 1 saturated carbocycles. The molecule has 2 aromatic carbocycles. The van der Waals surface area contributed by atoms with Gasteiger partial charge in [-0.2, -0.15) is 13.2 Å². The minimum absolute atomic E-state index is 0.101. The van der Waals surface area contributed by atoms with Gasteiger partial charge in [0.15, 0.2) is 0 Å². The summed E-state index contributed by atoms with van der Waals surface area (Å²) < 4.78 is 39.6. The summed E-state index contributed by atoms with van der Waals surface area (Å²) in [5.41, 5.74) is -0.233. The van der Waals surface area contributed by atoms with Crippen LogP contribution in [0.15, 0.2) is 54.6 Å². The molecule has 0 amide bonds. The van der Waals surface area contributed by atoms with Crippen LogP contribution in [-0.4, -0.2) is 30.6 Å². The molecule has 0 saturated heterocycles. The first kappa shape index (κ1) is 21.8. The second-order valence-corrected chi connectivity index (χ2v) is 8.63. The maximum Gasteiger partial charge on any atom is 0.416 e. The van der Waals surface area contributed by atoms with E-state index in [0.29, 0.717) is 24.4 Å². The van der Waals surface area contributed by atoms with Crippen LogP contribution in [0.2, 0.25) is 0 Å². The summed E-state index contributed by atoms with van der Waals surface area (Å²) in [6.07, 6.45) is -0.251. The molecule has 2 aromatic rings. The van der Waals surface area contributed by atoms with Gasteiger partial charge in [-0.25, -0.2) is 0 Å². The summed E-state index contributed by atoms with van der Waals surface area (Å²) >= 11 is 0. The Morgan fingerprint density at radius 1 is 1.07 bits per heavy atom. The summed E-state index contributed by atoms with van der Waals surface area (Å²) in [4.78, 5) is 2.02. The standard InChI is InChI=1S/C24H30F3NO/c1-28(2)17-22-15-19(12-11-18-7-4-3-5-8-18)13-14-23(22,29)20-9-6-10-21(16-20)24(25,26)27/h3-10,16,19,22,29H,11-15,17H2,1-2H3. The molecule has 3 unspecified atom stereocenters. The normalized spacial score (nSPS) is 25.3. The molecule has 0 bridgehead atoms. The number of rotatable bonds is 6. The number of benzene rings is 2. The number of nitrogens with zero attached hydrogens (tertiary/aromatic N) is 1. The van der Waals surface area contributed by atoms with Crippen LogP contribution >= 0.6 is 0 Å². The molecule has 0 aromatic heterocycles. The molecular formula is C24H30F3NO. The minimum Gasteiger partial charge on any atom is -0.385 e. The molecule has 2 nitrogen and oxygen atoms in total. The molecule has 29 heavy (non-hydrogen) atoms. The Balaban J connectivity index is 1.78. The van der Waals surface area contributed by atoms with Crippen molar-refractivity contribution in [2.75, 3.05) is 20.6 Å². The van der Waals surface area contributed by atoms with Crippen molar-refractivity contribution in [3.63, 3.8) is 0 Å². The monoisotopic (exact) mass is 405 g/mol. The van der Waals surface area contributed by atoms with Gasteiger partial charge in [0, 0.05) is 12.5 Å². The molecule has 3 atom stereocenters. The van der Waals surface area contributed by atoms with Crippen molar-refractivity contribution in [3.8, 4) is 0 Å². The average molecular weight is 406 g/mol. The quantitative estimate of drug-likeness (QED) is 0.686. The van der Waals surface area contributed by atoms with E-state index in [1.807, 2.05) is 37.2 Å². The second kappa shape index (κ2) is 8.88. The van der Waals surface area contributed by atoms with Gasteiger partial charge in [0.05, 0.1) is 11.2 Å². The lowest BCUT2D eigenvalue weighted by Crippen LogP contribution is -2.45. The zero-order valence-corrected chi connectivity index (χ0v) is 17.1. The lowest BCUT2D eigenvalue weighted by Gasteiger charge is -2.45. The maximum atomic E-state index is 13.2. The highest BCUT2D eigenvalue weighted by molar-refractivity contribution is 5.31. The van der Waals surface area contributed by atoms with E-state index in [1.54, 1.807) is 6.07 Å². The molecule has 1 fully saturated rings. The summed E-state index contributed by atoms with van der Waals surface area (Å²) in [6.45, 7) is 0.647. The topological polar surface area (TPSA) is 23.5 Å². The van der Waals surface area contributed by atoms with Crippen LogP contribution in [0.4, 0.5) is 13.2 Å². The van der Waals surface area contributed by atoms with Crippen molar-refractivity contribution >= 4 is 0 Å². The summed E-state index contributed by atoms with van der Waals surface area (Å²) in [7, 11) is 3.89. The van der Waals surface area contributed by atoms with Crippen LogP contribution in [-0.2, 0) is 18.2 Å². The highest BCUT2D eigenvalue weighted by Crippen LogP contribution is 2.46. The summed E-state index contributed by atoms with van der Waals surface area (Å²) in [5.74, 6) is 0.363. The highest BCUT2D eigenvalue weighted by Gasteiger charge is 2.44. The third kappa shape index (κ3) is 5.40. The number of aliphatic hydroxyl groups is 1. The molecule has 0 radical (unpaired) electrons. The van der Waals surface area contributed by atoms with Gasteiger partial charge in [0.25, 0.3) is 0 Å². The number of hydrogen-bond acceptors (Lipinski definition) is 2. The van der Waals surface area contributed by atoms with Crippen LogP contribution in [0.5, 0.6) is 0 Å². The first-order chi connectivity index (χ1) is 13.7. The fourth-order valence-corrected chi connectivity index (χ4v) is 4.63. The maximum absolute atomic E-state index is 13.2. The predicted molar refractivity (Wildman–Crippen MR) is 109 cm³/mol. The molecule has 0 aliphatic heterocycles. The van der Waals surface area contributed by atoms with Crippen molar-refractivity contribution in [1.82, 2.24) is 4.90 Å². The van der Waals surface area contributed by atoms with Gasteiger partial charge in [-0.05, 0) is 75.4 Å². The third-order valence-electron chi connectivity index (χ3n) is 6.19. The van der Waals surface area contributed by atoms with E-state index in [2.05, 4.69) is 12.1 Å². The highest BCUT2D eigenvalue weighted by atomic mass is 19.4. The molecule has 0 spiro atoms. The van der Waals surface area contributed by atoms with Gasteiger partial charge < -0.3 is 10.0 Å². The number of aryl methyl sites for hydroxylation is 1. The summed E-state index contributed by atoms with van der Waals surface area (Å²) in [6, 6.07) is 15.6. The molecule has 1 N–H and O–H groups in total. The Hall–Kier alpha value is -1.85. The van der Waals surface area contributed by atoms with Crippen LogP contribution in [0.25, 0.3) is 0 Å². The van der Waals surface area contributed by atoms with Gasteiger partial charge in [-0.1, -0.05) is 42.5 Å². The predicted octanol–water partition coefficient (Wildman–Crippen LogP) is 5.50. The van der Waals surface area contributed by atoms with E-state index in [9.17, 15) is 18.3 Å². The molecule has 0 heterocycles. The molecular weight excluding hydrogens is 375 g/mol. The van der Waals surface area contributed by atoms with Crippen LogP contribution in [0.3, 0.4) is 0 Å². The lowest BCUT2D eigenvalue weighted by molar-refractivity contribution is -0.138. The number of hydrogen-bond donors (Lipinski definition) is 1. The molecule has 158 valence electrons. The van der Waals surface area contributed by atoms with E-state index in [0.717, 1.165) is 37.8 Å². The van der Waals surface area contributed by atoms with Crippen molar-refractivity contribution in [2.24, 2.45) is 11.8 Å². The fraction of sp³-hybridized carbons (Fsp3) is 0.500. The second-order valence-electron chi connectivity index (χ2n) is 8.63. The van der Waals surface area contributed by atoms with Crippen molar-refractivity contribution < 1.29 is 18.3 Å². The van der Waals surface area contributed by atoms with Crippen LogP contribution < -0.4 is 0 Å². The van der Waals surface area contributed by atoms with E-state index >= 15 is 0 Å². The first-order valence-corrected chi connectivity index (χ1v) is 10.3. The van der Waals surface area contributed by atoms with Crippen molar-refractivity contribution in [3.05, 3.63) is 71.3 Å². The van der Waals surface area contributed by atoms with Gasteiger partial charge in [-0.15, -0.1) is 0 Å². The van der Waals surface area contributed by atoms with E-state index < -0.39 is 17.3 Å². The zero-order valence-electron chi connectivity index (χ0n) is 17.1. The van der Waals surface area contributed by atoms with Crippen molar-refractivity contribution in [2.45, 2.75) is 43.9 Å². The Labute approximate surface area is 171 Å². The third-order valence-corrected chi connectivity index (χ3v) is 6.19. The smallest absolute Gasteiger partial charge is 0.385 e. The molecule has 1 aliphatic carbocycles. The lowest BCUT2D eigenvalue weighted by atomic mass is 9.66. The largest absolute Gasteiger partial charge is 0.416 e. The minimum atomic E-state index is -4.41. The molecule has 5 heteroatoms. The van der Waals surface area contributed by atoms with Gasteiger partial charge in [0.2, 0.25) is 0 Å². The van der Waals surface area contributed by atoms with Crippen LogP contribution in [0, 0.1) is 11.8 Å². The fourth-order valence-electron chi connectivity index (χ4n) is 4.63. The van der Waals surface area contributed by atoms with E-state index in [-0.39, 0.29) is 5.92 Å². The van der Waals surface area contributed by atoms with Gasteiger partial charge in [0.1, 0.15) is 0 Å². The number of halogens is 3. The number of alkyl halides is 3. The summed E-state index contributed by atoms with van der Waals surface area (Å²) in [5, 5.41) is 11.6. The van der Waals surface area contributed by atoms with Crippen LogP contribution in [0.1, 0.15) is 42.4 Å². The first-order valence-electron chi connectivity index (χ1n) is 10.3. The Morgan fingerprint density at radius 2 is 1.79 bits per heavy atom. The Bertz CT molecular complexity index is 790. The van der Waals surface area contributed by atoms with Crippen molar-refractivity contribution in [1.29, 1.82) is 0 Å². The SMILES string of the molecule is CN(C)CC1CC(CCc2ccccc2)CCC1(O)c1cccc(C(F)(F)F)c1.